The summed E-state index contributed by atoms with van der Waals surface area (Å²) in [5.41, 5.74) is 0.570. The molecule has 0 unspecified atom stereocenters. The van der Waals surface area contributed by atoms with Crippen molar-refractivity contribution in [3.05, 3.63) is 54.4 Å². The number of amides is 1. The molecular weight excluding hydrogens is 278 g/mol. The van der Waals surface area contributed by atoms with Crippen LogP contribution in [-0.4, -0.2) is 28.4 Å². The molecular formula is C17H15N3O2. The lowest BCUT2D eigenvalue weighted by atomic mass is 10.2. The summed E-state index contributed by atoms with van der Waals surface area (Å²) in [7, 11) is 0. The van der Waals surface area contributed by atoms with Crippen LogP contribution in [0.1, 0.15) is 23.2 Å². The number of carbonyl (C=O) groups excluding carboxylic acids is 1. The standard InChI is InChI=1S/C17H15N3O2/c18-9-11-20(14-5-6-14)17(21)13-3-7-15(8-4-13)22-16-2-1-10-19-12-16/h1-4,7-8,10,12,14H,5-6,11H2. The lowest BCUT2D eigenvalue weighted by molar-refractivity contribution is 0.0765. The highest BCUT2D eigenvalue weighted by Crippen LogP contribution is 2.28. The van der Waals surface area contributed by atoms with Crippen LogP contribution in [0.2, 0.25) is 0 Å². The van der Waals surface area contributed by atoms with Crippen LogP contribution in [0.3, 0.4) is 0 Å². The highest BCUT2D eigenvalue weighted by Gasteiger charge is 2.32. The van der Waals surface area contributed by atoms with E-state index in [9.17, 15) is 4.79 Å². The Morgan fingerprint density at radius 2 is 2.05 bits per heavy atom. The molecule has 5 nitrogen and oxygen atoms in total. The third-order valence-corrected chi connectivity index (χ3v) is 3.46. The van der Waals surface area contributed by atoms with E-state index < -0.39 is 0 Å². The van der Waals surface area contributed by atoms with Crippen LogP contribution >= 0.6 is 0 Å². The number of hydrogen-bond acceptors (Lipinski definition) is 4. The maximum atomic E-state index is 12.4. The van der Waals surface area contributed by atoms with E-state index in [1.165, 1.54) is 0 Å². The Balaban J connectivity index is 1.71. The number of hydrogen-bond donors (Lipinski definition) is 0. The molecule has 0 bridgehead atoms. The van der Waals surface area contributed by atoms with Gasteiger partial charge in [0.25, 0.3) is 5.91 Å². The van der Waals surface area contributed by atoms with E-state index in [1.807, 2.05) is 6.07 Å². The first-order chi connectivity index (χ1) is 10.8. The van der Waals surface area contributed by atoms with Crippen LogP contribution in [0.4, 0.5) is 0 Å². The molecule has 0 aliphatic heterocycles. The molecule has 0 spiro atoms. The van der Waals surface area contributed by atoms with Crippen molar-refractivity contribution in [1.29, 1.82) is 5.26 Å². The highest BCUT2D eigenvalue weighted by atomic mass is 16.5. The average Bonchev–Trinajstić information content (AvgIpc) is 3.38. The lowest BCUT2D eigenvalue weighted by Gasteiger charge is -2.19. The van der Waals surface area contributed by atoms with Crippen molar-refractivity contribution in [1.82, 2.24) is 9.88 Å². The molecule has 22 heavy (non-hydrogen) atoms. The molecule has 1 amide bonds. The van der Waals surface area contributed by atoms with Gasteiger partial charge in [0.15, 0.2) is 0 Å². The van der Waals surface area contributed by atoms with Crippen LogP contribution in [0, 0.1) is 11.3 Å². The van der Waals surface area contributed by atoms with Crippen LogP contribution < -0.4 is 4.74 Å². The zero-order valence-electron chi connectivity index (χ0n) is 12.0. The zero-order valence-corrected chi connectivity index (χ0v) is 12.0. The monoisotopic (exact) mass is 293 g/mol. The van der Waals surface area contributed by atoms with Crippen molar-refractivity contribution in [2.24, 2.45) is 0 Å². The minimum atomic E-state index is -0.100. The summed E-state index contributed by atoms with van der Waals surface area (Å²) in [6.45, 7) is 0.136. The molecule has 0 radical (unpaired) electrons. The Hall–Kier alpha value is -2.87. The Morgan fingerprint density at radius 1 is 1.27 bits per heavy atom. The summed E-state index contributed by atoms with van der Waals surface area (Å²) in [5.74, 6) is 1.19. The molecule has 1 aliphatic rings. The average molecular weight is 293 g/mol. The van der Waals surface area contributed by atoms with Crippen molar-refractivity contribution >= 4 is 5.91 Å². The van der Waals surface area contributed by atoms with Crippen LogP contribution in [0.25, 0.3) is 0 Å². The van der Waals surface area contributed by atoms with E-state index in [-0.39, 0.29) is 18.5 Å². The van der Waals surface area contributed by atoms with Gasteiger partial charge in [-0.2, -0.15) is 5.26 Å². The van der Waals surface area contributed by atoms with E-state index in [2.05, 4.69) is 11.1 Å². The van der Waals surface area contributed by atoms with E-state index in [0.717, 1.165) is 12.8 Å². The number of nitriles is 1. The fourth-order valence-electron chi connectivity index (χ4n) is 2.20. The summed E-state index contributed by atoms with van der Waals surface area (Å²) in [4.78, 5) is 18.0. The highest BCUT2D eigenvalue weighted by molar-refractivity contribution is 5.94. The summed E-state index contributed by atoms with van der Waals surface area (Å²) >= 11 is 0. The van der Waals surface area contributed by atoms with Crippen LogP contribution in [-0.2, 0) is 0 Å². The third-order valence-electron chi connectivity index (χ3n) is 3.46. The minimum Gasteiger partial charge on any atom is -0.456 e. The van der Waals surface area contributed by atoms with E-state index in [0.29, 0.717) is 17.1 Å². The first-order valence-electron chi connectivity index (χ1n) is 7.14. The third kappa shape index (κ3) is 3.23. The first-order valence-corrected chi connectivity index (χ1v) is 7.14. The lowest BCUT2D eigenvalue weighted by Crippen LogP contribution is -2.33. The van der Waals surface area contributed by atoms with Gasteiger partial charge in [0.2, 0.25) is 0 Å². The van der Waals surface area contributed by atoms with Gasteiger partial charge in [-0.05, 0) is 49.2 Å². The summed E-state index contributed by atoms with van der Waals surface area (Å²) in [6.07, 6.45) is 5.27. The topological polar surface area (TPSA) is 66.2 Å². The molecule has 2 aromatic rings. The number of ether oxygens (including phenoxy) is 1. The second-order valence-corrected chi connectivity index (χ2v) is 5.14. The van der Waals surface area contributed by atoms with Gasteiger partial charge in [-0.3, -0.25) is 9.78 Å². The largest absolute Gasteiger partial charge is 0.456 e. The Labute approximate surface area is 128 Å². The normalized spacial score (nSPS) is 13.2. The fourth-order valence-corrected chi connectivity index (χ4v) is 2.20. The molecule has 0 saturated heterocycles. The van der Waals surface area contributed by atoms with Gasteiger partial charge >= 0.3 is 0 Å². The molecule has 5 heteroatoms. The molecule has 1 aliphatic carbocycles. The number of pyridine rings is 1. The number of aromatic nitrogens is 1. The molecule has 1 saturated carbocycles. The van der Waals surface area contributed by atoms with Crippen molar-refractivity contribution in [2.45, 2.75) is 18.9 Å². The molecule has 1 aromatic heterocycles. The Kier molecular flexibility index (Phi) is 4.01. The minimum absolute atomic E-state index is 0.100. The summed E-state index contributed by atoms with van der Waals surface area (Å²) in [6, 6.07) is 12.8. The van der Waals surface area contributed by atoms with Crippen LogP contribution in [0.15, 0.2) is 48.8 Å². The molecule has 0 atom stereocenters. The number of nitrogens with zero attached hydrogens (tertiary/aromatic N) is 3. The molecule has 3 rings (SSSR count). The molecule has 1 heterocycles. The number of carbonyl (C=O) groups is 1. The molecule has 1 aromatic carbocycles. The Bertz CT molecular complexity index is 688. The predicted molar refractivity (Wildman–Crippen MR) is 80.4 cm³/mol. The molecule has 110 valence electrons. The Morgan fingerprint density at radius 3 is 2.64 bits per heavy atom. The van der Waals surface area contributed by atoms with E-state index in [4.69, 9.17) is 10.00 Å². The van der Waals surface area contributed by atoms with Gasteiger partial charge in [0.1, 0.15) is 18.0 Å². The van der Waals surface area contributed by atoms with Gasteiger partial charge in [0, 0.05) is 17.8 Å². The predicted octanol–water partition coefficient (Wildman–Crippen LogP) is 3.00. The summed E-state index contributed by atoms with van der Waals surface area (Å²) in [5, 5.41) is 8.85. The second kappa shape index (κ2) is 6.27. The van der Waals surface area contributed by atoms with E-state index >= 15 is 0 Å². The smallest absolute Gasteiger partial charge is 0.254 e. The van der Waals surface area contributed by atoms with E-state index in [1.54, 1.807) is 47.6 Å². The van der Waals surface area contributed by atoms with Crippen molar-refractivity contribution in [3.8, 4) is 17.6 Å². The maximum Gasteiger partial charge on any atom is 0.254 e. The zero-order chi connectivity index (χ0) is 15.4. The molecule has 0 N–H and O–H groups in total. The summed E-state index contributed by atoms with van der Waals surface area (Å²) < 4.78 is 5.64. The van der Waals surface area contributed by atoms with Gasteiger partial charge in [-0.15, -0.1) is 0 Å². The second-order valence-electron chi connectivity index (χ2n) is 5.14. The van der Waals surface area contributed by atoms with Crippen molar-refractivity contribution < 1.29 is 9.53 Å². The number of rotatable bonds is 5. The van der Waals surface area contributed by atoms with Gasteiger partial charge < -0.3 is 9.64 Å². The van der Waals surface area contributed by atoms with Crippen molar-refractivity contribution in [2.75, 3.05) is 6.54 Å². The first kappa shape index (κ1) is 14.1. The van der Waals surface area contributed by atoms with Gasteiger partial charge in [0.05, 0.1) is 12.3 Å². The maximum absolute atomic E-state index is 12.4. The van der Waals surface area contributed by atoms with Gasteiger partial charge in [-0.1, -0.05) is 0 Å². The molecule has 1 fully saturated rings. The quantitative estimate of drug-likeness (QED) is 0.795. The fraction of sp³-hybridized carbons (Fsp3) is 0.235. The SMILES string of the molecule is N#CCN(C(=O)c1ccc(Oc2cccnc2)cc1)C1CC1. The van der Waals surface area contributed by atoms with Gasteiger partial charge in [-0.25, -0.2) is 0 Å². The van der Waals surface area contributed by atoms with Crippen LogP contribution in [0.5, 0.6) is 11.5 Å². The number of benzene rings is 1. The van der Waals surface area contributed by atoms with Crippen molar-refractivity contribution in [3.63, 3.8) is 0 Å².